The van der Waals surface area contributed by atoms with Crippen molar-refractivity contribution in [3.63, 3.8) is 0 Å². The van der Waals surface area contributed by atoms with Crippen LogP contribution in [0.5, 0.6) is 0 Å². The fourth-order valence-electron chi connectivity index (χ4n) is 3.07. The molecule has 112 valence electrons. The fraction of sp³-hybridized carbons (Fsp3) is 0.312. The van der Waals surface area contributed by atoms with Gasteiger partial charge in [0, 0.05) is 13.0 Å². The molecule has 1 aromatic carbocycles. The minimum Gasteiger partial charge on any atom is -0.347 e. The van der Waals surface area contributed by atoms with E-state index in [1.54, 1.807) is 12.7 Å². The Bertz CT molecular complexity index is 834. The molecular formula is C16H17N5O. The number of carbonyl (C=O) groups excluding carboxylic acids is 1. The lowest BCUT2D eigenvalue weighted by molar-refractivity contribution is -0.135. The Morgan fingerprint density at radius 2 is 2.18 bits per heavy atom. The number of nitrogens with zero attached hydrogens (tertiary/aromatic N) is 4. The molecule has 1 aliphatic heterocycles. The lowest BCUT2D eigenvalue weighted by Crippen LogP contribution is -2.39. The van der Waals surface area contributed by atoms with Gasteiger partial charge in [-0.3, -0.25) is 4.79 Å². The summed E-state index contributed by atoms with van der Waals surface area (Å²) in [5, 5.41) is 0. The van der Waals surface area contributed by atoms with Crippen molar-refractivity contribution in [1.29, 1.82) is 0 Å². The second-order valence-corrected chi connectivity index (χ2v) is 5.65. The molecule has 6 heteroatoms. The normalized spacial score (nSPS) is 15.8. The Morgan fingerprint density at radius 1 is 1.32 bits per heavy atom. The summed E-state index contributed by atoms with van der Waals surface area (Å²) in [5.41, 5.74) is 4.02. The van der Waals surface area contributed by atoms with Crippen LogP contribution in [0.15, 0.2) is 36.9 Å². The molecule has 6 nitrogen and oxygen atoms in total. The standard InChI is InChI=1S/C16H17N5O/c1-11(21-10-19-13-4-2-3-5-15(13)21)16(22)20-7-6-12-14(8-20)18-9-17-12/h2-5,9-11H,6-8H2,1H3,(H,17,18). The lowest BCUT2D eigenvalue weighted by Gasteiger charge is -2.29. The third-order valence-electron chi connectivity index (χ3n) is 4.34. The van der Waals surface area contributed by atoms with Gasteiger partial charge in [0.15, 0.2) is 0 Å². The number of aromatic amines is 1. The van der Waals surface area contributed by atoms with Crippen molar-refractivity contribution in [3.05, 3.63) is 48.3 Å². The van der Waals surface area contributed by atoms with Crippen LogP contribution in [0, 0.1) is 0 Å². The number of fused-ring (bicyclic) bond motifs is 2. The van der Waals surface area contributed by atoms with Crippen molar-refractivity contribution in [1.82, 2.24) is 24.4 Å². The van der Waals surface area contributed by atoms with Gasteiger partial charge < -0.3 is 14.5 Å². The van der Waals surface area contributed by atoms with Crippen LogP contribution in [-0.4, -0.2) is 36.9 Å². The van der Waals surface area contributed by atoms with Gasteiger partial charge in [-0.15, -0.1) is 0 Å². The van der Waals surface area contributed by atoms with E-state index in [9.17, 15) is 4.79 Å². The molecule has 1 aliphatic rings. The zero-order chi connectivity index (χ0) is 15.1. The summed E-state index contributed by atoms with van der Waals surface area (Å²) in [4.78, 5) is 26.5. The van der Waals surface area contributed by atoms with E-state index in [1.807, 2.05) is 40.7 Å². The van der Waals surface area contributed by atoms with Crippen molar-refractivity contribution < 1.29 is 4.79 Å². The number of rotatable bonds is 2. The minimum absolute atomic E-state index is 0.114. The largest absolute Gasteiger partial charge is 0.347 e. The number of benzene rings is 1. The minimum atomic E-state index is -0.267. The molecule has 0 saturated carbocycles. The number of amides is 1. The first-order valence-corrected chi connectivity index (χ1v) is 7.45. The van der Waals surface area contributed by atoms with Crippen molar-refractivity contribution in [3.8, 4) is 0 Å². The molecule has 0 spiro atoms. The van der Waals surface area contributed by atoms with E-state index in [0.29, 0.717) is 13.1 Å². The first-order valence-electron chi connectivity index (χ1n) is 7.45. The Kier molecular flexibility index (Phi) is 2.96. The predicted molar refractivity (Wildman–Crippen MR) is 82.2 cm³/mol. The molecule has 2 aromatic heterocycles. The van der Waals surface area contributed by atoms with E-state index in [4.69, 9.17) is 0 Å². The van der Waals surface area contributed by atoms with Crippen molar-refractivity contribution >= 4 is 16.9 Å². The molecule has 1 unspecified atom stereocenters. The van der Waals surface area contributed by atoms with Gasteiger partial charge in [-0.2, -0.15) is 0 Å². The number of H-pyrrole nitrogens is 1. The Balaban J connectivity index is 1.60. The van der Waals surface area contributed by atoms with Gasteiger partial charge in [-0.1, -0.05) is 12.1 Å². The van der Waals surface area contributed by atoms with Crippen LogP contribution in [0.3, 0.4) is 0 Å². The van der Waals surface area contributed by atoms with Gasteiger partial charge in [0.25, 0.3) is 0 Å². The molecule has 3 aromatic rings. The first-order chi connectivity index (χ1) is 10.7. The van der Waals surface area contributed by atoms with Crippen LogP contribution in [0.1, 0.15) is 24.4 Å². The average molecular weight is 295 g/mol. The molecule has 3 heterocycles. The maximum Gasteiger partial charge on any atom is 0.245 e. The highest BCUT2D eigenvalue weighted by Gasteiger charge is 2.27. The van der Waals surface area contributed by atoms with Crippen LogP contribution in [0.4, 0.5) is 0 Å². The molecule has 1 N–H and O–H groups in total. The highest BCUT2D eigenvalue weighted by molar-refractivity contribution is 5.83. The number of carbonyl (C=O) groups is 1. The molecule has 4 rings (SSSR count). The molecule has 1 atom stereocenters. The lowest BCUT2D eigenvalue weighted by atomic mass is 10.1. The summed E-state index contributed by atoms with van der Waals surface area (Å²) in [6.45, 7) is 3.25. The molecule has 0 radical (unpaired) electrons. The van der Waals surface area contributed by atoms with E-state index in [-0.39, 0.29) is 11.9 Å². The number of para-hydroxylation sites is 2. The fourth-order valence-corrected chi connectivity index (χ4v) is 3.07. The molecular weight excluding hydrogens is 278 g/mol. The molecule has 0 fully saturated rings. The summed E-state index contributed by atoms with van der Waals surface area (Å²) >= 11 is 0. The highest BCUT2D eigenvalue weighted by Crippen LogP contribution is 2.22. The van der Waals surface area contributed by atoms with Crippen LogP contribution < -0.4 is 0 Å². The summed E-state index contributed by atoms with van der Waals surface area (Å²) in [5.74, 6) is 0.114. The van der Waals surface area contributed by atoms with Crippen molar-refractivity contribution in [2.24, 2.45) is 0 Å². The van der Waals surface area contributed by atoms with Crippen LogP contribution in [-0.2, 0) is 17.8 Å². The van der Waals surface area contributed by atoms with E-state index >= 15 is 0 Å². The Morgan fingerprint density at radius 3 is 3.09 bits per heavy atom. The molecule has 22 heavy (non-hydrogen) atoms. The first kappa shape index (κ1) is 13.1. The van der Waals surface area contributed by atoms with Gasteiger partial charge in [0.1, 0.15) is 6.04 Å². The van der Waals surface area contributed by atoms with E-state index in [2.05, 4.69) is 15.0 Å². The monoisotopic (exact) mass is 295 g/mol. The molecule has 0 aliphatic carbocycles. The SMILES string of the molecule is CC(C(=O)N1CCc2nc[nH]c2C1)n1cnc2ccccc21. The number of hydrogen-bond acceptors (Lipinski definition) is 3. The number of aromatic nitrogens is 4. The molecule has 0 saturated heterocycles. The quantitative estimate of drug-likeness (QED) is 0.785. The topological polar surface area (TPSA) is 66.8 Å². The summed E-state index contributed by atoms with van der Waals surface area (Å²) in [7, 11) is 0. The molecule has 0 bridgehead atoms. The molecule has 1 amide bonds. The smallest absolute Gasteiger partial charge is 0.245 e. The predicted octanol–water partition coefficient (Wildman–Crippen LogP) is 1.91. The summed E-state index contributed by atoms with van der Waals surface area (Å²) in [6, 6.07) is 7.61. The van der Waals surface area contributed by atoms with Gasteiger partial charge in [-0.05, 0) is 19.1 Å². The zero-order valence-electron chi connectivity index (χ0n) is 12.4. The zero-order valence-corrected chi connectivity index (χ0v) is 12.4. The van der Waals surface area contributed by atoms with Crippen LogP contribution in [0.2, 0.25) is 0 Å². The maximum atomic E-state index is 12.8. The second-order valence-electron chi connectivity index (χ2n) is 5.65. The van der Waals surface area contributed by atoms with Gasteiger partial charge in [0.05, 0.1) is 41.6 Å². The number of hydrogen-bond donors (Lipinski definition) is 1. The summed E-state index contributed by atoms with van der Waals surface area (Å²) < 4.78 is 1.94. The Hall–Kier alpha value is -2.63. The summed E-state index contributed by atoms with van der Waals surface area (Å²) in [6.07, 6.45) is 4.26. The van der Waals surface area contributed by atoms with Crippen LogP contribution in [0.25, 0.3) is 11.0 Å². The van der Waals surface area contributed by atoms with Gasteiger partial charge >= 0.3 is 0 Å². The number of imidazole rings is 2. The Labute approximate surface area is 127 Å². The highest BCUT2D eigenvalue weighted by atomic mass is 16.2. The third-order valence-corrected chi connectivity index (χ3v) is 4.34. The van der Waals surface area contributed by atoms with E-state index in [0.717, 1.165) is 28.8 Å². The average Bonchev–Trinajstić information content (AvgIpc) is 3.19. The maximum absolute atomic E-state index is 12.8. The number of nitrogens with one attached hydrogen (secondary N) is 1. The van der Waals surface area contributed by atoms with Gasteiger partial charge in [-0.25, -0.2) is 9.97 Å². The third kappa shape index (κ3) is 1.99. The van der Waals surface area contributed by atoms with Crippen molar-refractivity contribution in [2.75, 3.05) is 6.54 Å². The van der Waals surface area contributed by atoms with Gasteiger partial charge in [0.2, 0.25) is 5.91 Å². The second kappa shape index (κ2) is 4.98. The van der Waals surface area contributed by atoms with E-state index in [1.165, 1.54) is 0 Å². The van der Waals surface area contributed by atoms with Crippen LogP contribution >= 0.6 is 0 Å². The van der Waals surface area contributed by atoms with Crippen molar-refractivity contribution in [2.45, 2.75) is 25.9 Å². The van der Waals surface area contributed by atoms with E-state index < -0.39 is 0 Å².